The van der Waals surface area contributed by atoms with Gasteiger partial charge in [-0.3, -0.25) is 4.57 Å². The molecule has 0 amide bonds. The molecule has 3 aromatic heterocycles. The number of hydrogen-bond acceptors (Lipinski definition) is 6. The molecule has 0 fully saturated rings. The third kappa shape index (κ3) is 2.92. The maximum Gasteiger partial charge on any atom is 0.239 e. The van der Waals surface area contributed by atoms with Crippen LogP contribution < -0.4 is 10.1 Å². The lowest BCUT2D eigenvalue weighted by molar-refractivity contribution is 0.415. The number of rotatable bonds is 4. The van der Waals surface area contributed by atoms with Crippen molar-refractivity contribution >= 4 is 33.7 Å². The summed E-state index contributed by atoms with van der Waals surface area (Å²) in [6.45, 7) is 1.83. The Balaban J connectivity index is 1.66. The summed E-state index contributed by atoms with van der Waals surface area (Å²) < 4.78 is 20.8. The Morgan fingerprint density at radius 2 is 1.90 bits per heavy atom. The largest absolute Gasteiger partial charge is 0.497 e. The summed E-state index contributed by atoms with van der Waals surface area (Å²) in [6, 6.07) is 11.9. The first-order chi connectivity index (χ1) is 14.1. The highest BCUT2D eigenvalue weighted by Crippen LogP contribution is 2.26. The second-order valence-corrected chi connectivity index (χ2v) is 6.45. The van der Waals surface area contributed by atoms with Crippen molar-refractivity contribution in [2.45, 2.75) is 6.92 Å². The number of hydrogen-bond donors (Lipinski definition) is 2. The zero-order chi connectivity index (χ0) is 20.0. The molecule has 0 atom stereocenters. The molecule has 2 aromatic carbocycles. The van der Waals surface area contributed by atoms with E-state index in [4.69, 9.17) is 4.74 Å². The third-order valence-corrected chi connectivity index (χ3v) is 4.61. The van der Waals surface area contributed by atoms with Crippen LogP contribution in [0.3, 0.4) is 0 Å². The SMILES string of the molecule is COc1ccc(Nc2nc(-n3c(C)nc4ccc(F)cc43)nc3nc[nH]c23)cc1. The number of benzene rings is 2. The molecule has 0 aliphatic heterocycles. The number of anilines is 2. The Kier molecular flexibility index (Phi) is 3.87. The van der Waals surface area contributed by atoms with Gasteiger partial charge in [0.15, 0.2) is 11.5 Å². The van der Waals surface area contributed by atoms with E-state index < -0.39 is 0 Å². The van der Waals surface area contributed by atoms with Crippen molar-refractivity contribution in [3.05, 3.63) is 60.4 Å². The summed E-state index contributed by atoms with van der Waals surface area (Å²) in [6.07, 6.45) is 1.56. The summed E-state index contributed by atoms with van der Waals surface area (Å²) in [5.41, 5.74) is 3.23. The molecule has 9 heteroatoms. The highest BCUT2D eigenvalue weighted by molar-refractivity contribution is 5.86. The van der Waals surface area contributed by atoms with E-state index in [1.165, 1.54) is 12.1 Å². The van der Waals surface area contributed by atoms with Crippen LogP contribution in [0.2, 0.25) is 0 Å². The molecule has 5 rings (SSSR count). The number of imidazole rings is 2. The molecule has 0 bridgehead atoms. The number of methoxy groups -OCH3 is 1. The van der Waals surface area contributed by atoms with Gasteiger partial charge in [-0.25, -0.2) is 14.4 Å². The van der Waals surface area contributed by atoms with Crippen molar-refractivity contribution in [3.63, 3.8) is 0 Å². The van der Waals surface area contributed by atoms with Crippen LogP contribution in [-0.4, -0.2) is 36.6 Å². The molecular formula is C20H16FN7O. The Hall–Kier alpha value is -4.01. The van der Waals surface area contributed by atoms with Gasteiger partial charge in [0.2, 0.25) is 5.95 Å². The molecule has 0 aliphatic carbocycles. The van der Waals surface area contributed by atoms with Crippen molar-refractivity contribution in [1.82, 2.24) is 29.5 Å². The first kappa shape index (κ1) is 17.1. The first-order valence-electron chi connectivity index (χ1n) is 8.89. The Bertz CT molecular complexity index is 1340. The highest BCUT2D eigenvalue weighted by atomic mass is 19.1. The van der Waals surface area contributed by atoms with Gasteiger partial charge < -0.3 is 15.0 Å². The minimum atomic E-state index is -0.351. The van der Waals surface area contributed by atoms with Crippen LogP contribution in [0.4, 0.5) is 15.9 Å². The van der Waals surface area contributed by atoms with Crippen LogP contribution in [0.1, 0.15) is 5.82 Å². The Labute approximate surface area is 164 Å². The second-order valence-electron chi connectivity index (χ2n) is 6.45. The van der Waals surface area contributed by atoms with Crippen LogP contribution in [0.5, 0.6) is 5.75 Å². The van der Waals surface area contributed by atoms with Crippen LogP contribution in [0, 0.1) is 12.7 Å². The number of nitrogens with zero attached hydrogens (tertiary/aromatic N) is 5. The molecule has 0 saturated heterocycles. The van der Waals surface area contributed by atoms with Gasteiger partial charge in [0.25, 0.3) is 0 Å². The number of ether oxygens (including phenoxy) is 1. The zero-order valence-corrected chi connectivity index (χ0v) is 15.6. The Morgan fingerprint density at radius 3 is 2.69 bits per heavy atom. The number of aromatic nitrogens is 6. The quantitative estimate of drug-likeness (QED) is 0.484. The predicted octanol–water partition coefficient (Wildman–Crippen LogP) is 3.89. The first-order valence-corrected chi connectivity index (χ1v) is 8.89. The van der Waals surface area contributed by atoms with E-state index >= 15 is 0 Å². The summed E-state index contributed by atoms with van der Waals surface area (Å²) in [5.74, 6) is 1.96. The molecule has 2 N–H and O–H groups in total. The van der Waals surface area contributed by atoms with Crippen molar-refractivity contribution in [1.29, 1.82) is 0 Å². The van der Waals surface area contributed by atoms with Gasteiger partial charge in [-0.2, -0.15) is 9.97 Å². The van der Waals surface area contributed by atoms with Crippen LogP contribution >= 0.6 is 0 Å². The lowest BCUT2D eigenvalue weighted by Gasteiger charge is -2.10. The molecule has 144 valence electrons. The standard InChI is InChI=1S/C20H16FN7O/c1-11-24-15-8-3-12(21)9-16(15)28(11)20-26-18-17(22-10-23-18)19(27-20)25-13-4-6-14(29-2)7-5-13/h3-10H,1-2H3,(H2,22,23,25,26,27). The number of aryl methyl sites for hydroxylation is 1. The maximum absolute atomic E-state index is 13.9. The lowest BCUT2D eigenvalue weighted by Crippen LogP contribution is -2.06. The van der Waals surface area contributed by atoms with E-state index in [0.29, 0.717) is 39.8 Å². The zero-order valence-electron chi connectivity index (χ0n) is 15.6. The van der Waals surface area contributed by atoms with E-state index in [-0.39, 0.29) is 5.82 Å². The number of halogens is 1. The summed E-state index contributed by atoms with van der Waals surface area (Å²) in [7, 11) is 1.62. The molecule has 8 nitrogen and oxygen atoms in total. The van der Waals surface area contributed by atoms with Gasteiger partial charge in [-0.15, -0.1) is 0 Å². The maximum atomic E-state index is 13.9. The number of nitrogens with one attached hydrogen (secondary N) is 2. The molecule has 0 saturated carbocycles. The number of aromatic amines is 1. The molecular weight excluding hydrogens is 373 g/mol. The number of fused-ring (bicyclic) bond motifs is 2. The van der Waals surface area contributed by atoms with Crippen molar-refractivity contribution < 1.29 is 9.13 Å². The van der Waals surface area contributed by atoms with Gasteiger partial charge in [0, 0.05) is 11.8 Å². The van der Waals surface area contributed by atoms with Gasteiger partial charge in [-0.05, 0) is 43.3 Å². The summed E-state index contributed by atoms with van der Waals surface area (Å²) in [4.78, 5) is 21.0. The van der Waals surface area contributed by atoms with Gasteiger partial charge in [0.05, 0.1) is 24.5 Å². The van der Waals surface area contributed by atoms with Gasteiger partial charge in [-0.1, -0.05) is 0 Å². The molecule has 5 aromatic rings. The molecule has 0 radical (unpaired) electrons. The average Bonchev–Trinajstić information content (AvgIpc) is 3.32. The van der Waals surface area contributed by atoms with Gasteiger partial charge >= 0.3 is 0 Å². The third-order valence-electron chi connectivity index (χ3n) is 4.61. The van der Waals surface area contributed by atoms with E-state index in [1.807, 2.05) is 31.2 Å². The monoisotopic (exact) mass is 389 g/mol. The minimum Gasteiger partial charge on any atom is -0.497 e. The van der Waals surface area contributed by atoms with E-state index in [1.54, 1.807) is 24.1 Å². The van der Waals surface area contributed by atoms with Crippen LogP contribution in [-0.2, 0) is 0 Å². The van der Waals surface area contributed by atoms with Gasteiger partial charge in [0.1, 0.15) is 22.9 Å². The average molecular weight is 389 g/mol. The fraction of sp³-hybridized carbons (Fsp3) is 0.100. The number of H-pyrrole nitrogens is 1. The Morgan fingerprint density at radius 1 is 1.07 bits per heavy atom. The molecule has 3 heterocycles. The molecule has 0 unspecified atom stereocenters. The predicted molar refractivity (Wildman–Crippen MR) is 107 cm³/mol. The van der Waals surface area contributed by atoms with Crippen molar-refractivity contribution in [2.75, 3.05) is 12.4 Å². The van der Waals surface area contributed by atoms with Crippen LogP contribution in [0.25, 0.3) is 28.1 Å². The molecule has 0 spiro atoms. The van der Waals surface area contributed by atoms with Crippen molar-refractivity contribution in [2.24, 2.45) is 0 Å². The van der Waals surface area contributed by atoms with E-state index in [2.05, 4.69) is 30.2 Å². The summed E-state index contributed by atoms with van der Waals surface area (Å²) in [5, 5.41) is 3.28. The highest BCUT2D eigenvalue weighted by Gasteiger charge is 2.16. The fourth-order valence-electron chi connectivity index (χ4n) is 3.24. The summed E-state index contributed by atoms with van der Waals surface area (Å²) >= 11 is 0. The normalized spacial score (nSPS) is 11.3. The van der Waals surface area contributed by atoms with E-state index in [9.17, 15) is 4.39 Å². The van der Waals surface area contributed by atoms with Crippen LogP contribution in [0.15, 0.2) is 48.8 Å². The smallest absolute Gasteiger partial charge is 0.239 e. The van der Waals surface area contributed by atoms with E-state index in [0.717, 1.165) is 11.4 Å². The molecule has 0 aliphatic rings. The topological polar surface area (TPSA) is 93.5 Å². The fourth-order valence-corrected chi connectivity index (χ4v) is 3.24. The minimum absolute atomic E-state index is 0.351. The van der Waals surface area contributed by atoms with Crippen molar-refractivity contribution in [3.8, 4) is 11.7 Å². The molecule has 29 heavy (non-hydrogen) atoms. The second kappa shape index (κ2) is 6.55. The lowest BCUT2D eigenvalue weighted by atomic mass is 10.3.